The Hall–Kier alpha value is -6.09. The minimum Gasteiger partial charge on any atom is -0.454 e. The number of carbonyl (C=O) groups is 3. The van der Waals surface area contributed by atoms with Gasteiger partial charge in [-0.1, -0.05) is 84.9 Å². The number of ether oxygens (including phenoxy) is 1. The van der Waals surface area contributed by atoms with Gasteiger partial charge in [0.2, 0.25) is 0 Å². The molecule has 2 amide bonds. The second-order valence-corrected chi connectivity index (χ2v) is 11.7. The largest absolute Gasteiger partial charge is 0.454 e. The summed E-state index contributed by atoms with van der Waals surface area (Å²) < 4.78 is 19.1. The molecule has 0 radical (unpaired) electrons. The van der Waals surface area contributed by atoms with E-state index in [0.717, 1.165) is 44.1 Å². The average molecular weight is 639 g/mol. The predicted octanol–water partition coefficient (Wildman–Crippen LogP) is 6.72. The highest BCUT2D eigenvalue weighted by molar-refractivity contribution is 6.05. The van der Waals surface area contributed by atoms with E-state index in [9.17, 15) is 18.8 Å². The molecule has 6 aromatic rings. The number of rotatable bonds is 9. The molecule has 0 spiro atoms. The molecule has 1 aliphatic rings. The molecule has 0 fully saturated rings. The number of esters is 1. The minimum absolute atomic E-state index is 0.102. The van der Waals surface area contributed by atoms with E-state index in [0.29, 0.717) is 6.42 Å². The van der Waals surface area contributed by atoms with Crippen LogP contribution in [0.5, 0.6) is 0 Å². The van der Waals surface area contributed by atoms with Gasteiger partial charge >= 0.3 is 5.97 Å². The number of aromatic nitrogens is 1. The van der Waals surface area contributed by atoms with E-state index in [1.165, 1.54) is 29.3 Å². The molecule has 0 aliphatic carbocycles. The number of amides is 2. The van der Waals surface area contributed by atoms with E-state index in [1.54, 1.807) is 6.20 Å². The molecule has 238 valence electrons. The van der Waals surface area contributed by atoms with E-state index >= 15 is 0 Å². The molecule has 1 aliphatic heterocycles. The van der Waals surface area contributed by atoms with Crippen molar-refractivity contribution in [2.75, 3.05) is 6.61 Å². The summed E-state index contributed by atoms with van der Waals surface area (Å²) in [6.07, 6.45) is 2.36. The Balaban J connectivity index is 1.12. The van der Waals surface area contributed by atoms with Gasteiger partial charge in [0, 0.05) is 35.5 Å². The van der Waals surface area contributed by atoms with Crippen LogP contribution in [0.15, 0.2) is 133 Å². The number of aromatic amines is 1. The number of H-pyrrole nitrogens is 1. The summed E-state index contributed by atoms with van der Waals surface area (Å²) in [5, 5.41) is 11.9. The molecular weight excluding hydrogens is 607 g/mol. The normalized spacial score (nSPS) is 14.9. The van der Waals surface area contributed by atoms with Gasteiger partial charge in [-0.25, -0.2) is 14.2 Å². The van der Waals surface area contributed by atoms with Gasteiger partial charge in [-0.15, -0.1) is 0 Å². The Morgan fingerprint density at radius 3 is 2.42 bits per heavy atom. The zero-order valence-electron chi connectivity index (χ0n) is 25.8. The number of nitrogens with one attached hydrogen (secondary N) is 2. The highest BCUT2D eigenvalue weighted by Crippen LogP contribution is 2.33. The van der Waals surface area contributed by atoms with Crippen molar-refractivity contribution in [3.8, 4) is 0 Å². The van der Waals surface area contributed by atoms with Crippen molar-refractivity contribution in [1.82, 2.24) is 15.3 Å². The fourth-order valence-electron chi connectivity index (χ4n) is 6.07. The van der Waals surface area contributed by atoms with Crippen molar-refractivity contribution in [3.05, 3.63) is 156 Å². The smallest absolute Gasteiger partial charge is 0.329 e. The number of benzene rings is 5. The third-order valence-electron chi connectivity index (χ3n) is 8.57. The molecule has 0 saturated carbocycles. The molecule has 48 heavy (non-hydrogen) atoms. The highest BCUT2D eigenvalue weighted by Gasteiger charge is 2.34. The monoisotopic (exact) mass is 638 g/mol. The van der Waals surface area contributed by atoms with Crippen LogP contribution in [0, 0.1) is 5.82 Å². The molecule has 7 rings (SSSR count). The van der Waals surface area contributed by atoms with E-state index in [-0.39, 0.29) is 18.0 Å². The first kappa shape index (κ1) is 30.6. The zero-order valence-corrected chi connectivity index (χ0v) is 25.8. The second-order valence-electron chi connectivity index (χ2n) is 11.7. The summed E-state index contributed by atoms with van der Waals surface area (Å²) in [7, 11) is 0. The molecule has 1 aromatic heterocycles. The van der Waals surface area contributed by atoms with Gasteiger partial charge in [-0.3, -0.25) is 9.59 Å². The van der Waals surface area contributed by atoms with Crippen molar-refractivity contribution in [2.24, 2.45) is 5.10 Å². The van der Waals surface area contributed by atoms with Crippen LogP contribution in [-0.2, 0) is 20.7 Å². The number of nitrogens with zero attached hydrogens (tertiary/aromatic N) is 2. The molecule has 0 bridgehead atoms. The SMILES string of the molecule is O=C(N[C@H](Cc1c[nH]c2ccccc12)C(=O)OCC(=O)N1N=C(c2ccc3ccccc3c2)C[C@@H]1c1ccccc1)c1ccc(F)cc1. The number of para-hydroxylation sites is 1. The molecule has 0 saturated heterocycles. The number of carbonyl (C=O) groups excluding carboxylic acids is 3. The van der Waals surface area contributed by atoms with Crippen molar-refractivity contribution >= 4 is 45.2 Å². The molecule has 0 unspecified atom stereocenters. The van der Waals surface area contributed by atoms with Gasteiger partial charge in [0.1, 0.15) is 11.9 Å². The Kier molecular flexibility index (Phi) is 8.49. The lowest BCUT2D eigenvalue weighted by molar-refractivity contribution is -0.154. The third kappa shape index (κ3) is 6.43. The molecule has 2 N–H and O–H groups in total. The molecule has 2 atom stereocenters. The summed E-state index contributed by atoms with van der Waals surface area (Å²) in [5.74, 6) is -2.33. The van der Waals surface area contributed by atoms with Crippen molar-refractivity contribution in [2.45, 2.75) is 24.9 Å². The second kappa shape index (κ2) is 13.3. The number of fused-ring (bicyclic) bond motifs is 2. The standard InChI is InChI=1S/C39H31FN4O4/c40-31-18-16-27(17-19-31)38(46)42-35(21-30-23-41-33-13-7-6-12-32(30)33)39(47)48-24-37(45)44-36(26-9-2-1-3-10-26)22-34(43-44)29-15-14-25-8-4-5-11-28(25)20-29/h1-20,23,35-36,41H,21-22,24H2,(H,42,46)/t35-,36-/m1/s1. The first-order valence-corrected chi connectivity index (χ1v) is 15.6. The zero-order chi connectivity index (χ0) is 33.0. The maximum atomic E-state index is 13.7. The van der Waals surface area contributed by atoms with Crippen LogP contribution in [0.4, 0.5) is 4.39 Å². The maximum Gasteiger partial charge on any atom is 0.329 e. The molecule has 8 nitrogen and oxygen atoms in total. The van der Waals surface area contributed by atoms with Crippen LogP contribution >= 0.6 is 0 Å². The quantitative estimate of drug-likeness (QED) is 0.172. The summed E-state index contributed by atoms with van der Waals surface area (Å²) >= 11 is 0. The van der Waals surface area contributed by atoms with E-state index in [1.807, 2.05) is 91.0 Å². The van der Waals surface area contributed by atoms with E-state index in [4.69, 9.17) is 9.84 Å². The molecule has 5 aromatic carbocycles. The Labute approximate surface area is 275 Å². The van der Waals surface area contributed by atoms with Crippen LogP contribution in [0.1, 0.15) is 39.5 Å². The van der Waals surface area contributed by atoms with Crippen LogP contribution in [0.2, 0.25) is 0 Å². The van der Waals surface area contributed by atoms with Crippen molar-refractivity contribution < 1.29 is 23.5 Å². The Morgan fingerprint density at radius 1 is 0.875 bits per heavy atom. The van der Waals surface area contributed by atoms with Gasteiger partial charge in [0.15, 0.2) is 6.61 Å². The fraction of sp³-hybridized carbons (Fsp3) is 0.128. The fourth-order valence-corrected chi connectivity index (χ4v) is 6.07. The minimum atomic E-state index is -1.13. The molecular formula is C39H31FN4O4. The lowest BCUT2D eigenvalue weighted by atomic mass is 9.97. The third-order valence-corrected chi connectivity index (χ3v) is 8.57. The van der Waals surface area contributed by atoms with Gasteiger partial charge in [0.25, 0.3) is 11.8 Å². The van der Waals surface area contributed by atoms with Crippen LogP contribution in [0.3, 0.4) is 0 Å². The van der Waals surface area contributed by atoms with Gasteiger partial charge in [-0.05, 0) is 63.9 Å². The highest BCUT2D eigenvalue weighted by atomic mass is 19.1. The number of hydrogen-bond donors (Lipinski definition) is 2. The number of halogens is 1. The Bertz CT molecular complexity index is 2160. The average Bonchev–Trinajstić information content (AvgIpc) is 3.76. The van der Waals surface area contributed by atoms with Crippen LogP contribution < -0.4 is 5.32 Å². The number of hydrogen-bond acceptors (Lipinski definition) is 5. The summed E-state index contributed by atoms with van der Waals surface area (Å²) in [5.41, 5.74) is 4.40. The lowest BCUT2D eigenvalue weighted by Gasteiger charge is -2.23. The lowest BCUT2D eigenvalue weighted by Crippen LogP contribution is -2.44. The van der Waals surface area contributed by atoms with E-state index in [2.05, 4.69) is 16.4 Å². The van der Waals surface area contributed by atoms with Gasteiger partial charge in [-0.2, -0.15) is 5.10 Å². The number of hydrazone groups is 1. The maximum absolute atomic E-state index is 13.7. The van der Waals surface area contributed by atoms with Crippen LogP contribution in [-0.4, -0.2) is 46.1 Å². The molecule has 2 heterocycles. The Morgan fingerprint density at radius 2 is 1.60 bits per heavy atom. The predicted molar refractivity (Wildman–Crippen MR) is 182 cm³/mol. The van der Waals surface area contributed by atoms with Crippen molar-refractivity contribution in [1.29, 1.82) is 0 Å². The summed E-state index contributed by atoms with van der Waals surface area (Å²) in [6, 6.07) is 34.8. The summed E-state index contributed by atoms with van der Waals surface area (Å²) in [6.45, 7) is -0.576. The summed E-state index contributed by atoms with van der Waals surface area (Å²) in [4.78, 5) is 43.6. The van der Waals surface area contributed by atoms with Crippen molar-refractivity contribution in [3.63, 3.8) is 0 Å². The van der Waals surface area contributed by atoms with Gasteiger partial charge < -0.3 is 15.0 Å². The molecule has 9 heteroatoms. The van der Waals surface area contributed by atoms with Crippen LogP contribution in [0.25, 0.3) is 21.7 Å². The topological polar surface area (TPSA) is 104 Å². The first-order chi connectivity index (χ1) is 23.4. The first-order valence-electron chi connectivity index (χ1n) is 15.6. The van der Waals surface area contributed by atoms with E-state index < -0.39 is 36.2 Å². The van der Waals surface area contributed by atoms with Gasteiger partial charge in [0.05, 0.1) is 11.8 Å².